The van der Waals surface area contributed by atoms with Crippen molar-refractivity contribution >= 4 is 46.2 Å². The highest BCUT2D eigenvalue weighted by atomic mass is 16.5. The number of carboxylic acid groups (broad SMARTS) is 1. The average Bonchev–Trinajstić information content (AvgIpc) is 3.56. The number of imidazole rings is 1. The largest absolute Gasteiger partial charge is 0.490 e. The molecule has 1 saturated carbocycles. The number of amides is 4. The molecule has 1 aromatic heterocycles. The Morgan fingerprint density at radius 1 is 0.917 bits per heavy atom. The van der Waals surface area contributed by atoms with E-state index in [9.17, 15) is 24.3 Å². The molecule has 1 unspecified atom stereocenters. The van der Waals surface area contributed by atoms with Crippen LogP contribution in [0.2, 0.25) is 0 Å². The Hall–Kier alpha value is -4.61. The van der Waals surface area contributed by atoms with Gasteiger partial charge in [-0.05, 0) is 80.7 Å². The first-order valence-corrected chi connectivity index (χ1v) is 17.5. The minimum absolute atomic E-state index is 0.165. The fourth-order valence-corrected chi connectivity index (χ4v) is 8.92. The van der Waals surface area contributed by atoms with Crippen molar-refractivity contribution in [3.63, 3.8) is 0 Å². The van der Waals surface area contributed by atoms with Crippen molar-refractivity contribution < 1.29 is 29.0 Å². The number of ether oxygens (including phenoxy) is 1. The number of anilines is 2. The topological polar surface area (TPSA) is 137 Å². The van der Waals surface area contributed by atoms with Crippen LogP contribution in [0.25, 0.3) is 11.0 Å². The highest BCUT2D eigenvalue weighted by Gasteiger charge is 2.45. The number of aryl methyl sites for hydroxylation is 1. The van der Waals surface area contributed by atoms with Crippen LogP contribution in [0.15, 0.2) is 36.7 Å². The Kier molecular flexibility index (Phi) is 7.76. The third-order valence-corrected chi connectivity index (χ3v) is 11.4. The Morgan fingerprint density at radius 2 is 1.71 bits per heavy atom. The Morgan fingerprint density at radius 3 is 2.48 bits per heavy atom. The van der Waals surface area contributed by atoms with Gasteiger partial charge in [0.2, 0.25) is 17.7 Å². The molecule has 12 nitrogen and oxygen atoms in total. The predicted molar refractivity (Wildman–Crippen MR) is 178 cm³/mol. The molecule has 48 heavy (non-hydrogen) atoms. The first-order chi connectivity index (χ1) is 23.3. The molecular formula is C36H42N6O6. The van der Waals surface area contributed by atoms with Gasteiger partial charge in [-0.1, -0.05) is 25.3 Å². The van der Waals surface area contributed by atoms with Crippen molar-refractivity contribution in [3.8, 4) is 5.75 Å². The van der Waals surface area contributed by atoms with Crippen LogP contribution in [-0.4, -0.2) is 82.2 Å². The molecule has 0 spiro atoms. The van der Waals surface area contributed by atoms with Crippen LogP contribution in [0.4, 0.5) is 16.2 Å². The van der Waals surface area contributed by atoms with Gasteiger partial charge in [-0.3, -0.25) is 24.6 Å². The van der Waals surface area contributed by atoms with E-state index in [1.807, 2.05) is 24.5 Å². The molecule has 5 heterocycles. The maximum atomic E-state index is 14.6. The summed E-state index contributed by atoms with van der Waals surface area (Å²) in [6.45, 7) is 2.89. The van der Waals surface area contributed by atoms with E-state index in [4.69, 9.17) is 9.72 Å². The summed E-state index contributed by atoms with van der Waals surface area (Å²) >= 11 is 0. The van der Waals surface area contributed by atoms with E-state index in [2.05, 4.69) is 31.8 Å². The lowest BCUT2D eigenvalue weighted by atomic mass is 9.79. The summed E-state index contributed by atoms with van der Waals surface area (Å²) in [5.41, 5.74) is 4.73. The lowest BCUT2D eigenvalue weighted by molar-refractivity contribution is -0.144. The fraction of sp³-hybridized carbons (Fsp3) is 0.528. The van der Waals surface area contributed by atoms with Crippen LogP contribution in [0.1, 0.15) is 81.3 Å². The number of hydrogen-bond acceptors (Lipinski definition) is 7. The number of fused-ring (bicyclic) bond motifs is 4. The lowest BCUT2D eigenvalue weighted by Crippen LogP contribution is -2.54. The van der Waals surface area contributed by atoms with E-state index < -0.39 is 11.6 Å². The molecule has 1 atom stereocenters. The van der Waals surface area contributed by atoms with E-state index >= 15 is 0 Å². The quantitative estimate of drug-likeness (QED) is 0.392. The van der Waals surface area contributed by atoms with Crippen molar-refractivity contribution in [2.45, 2.75) is 88.1 Å². The zero-order valence-electron chi connectivity index (χ0n) is 27.2. The molecule has 2 N–H and O–H groups in total. The number of nitrogens with one attached hydrogen (secondary N) is 1. The Bertz CT molecular complexity index is 1790. The molecule has 252 valence electrons. The van der Waals surface area contributed by atoms with E-state index in [0.29, 0.717) is 51.3 Å². The third-order valence-electron chi connectivity index (χ3n) is 11.4. The molecule has 5 aliphatic rings. The monoisotopic (exact) mass is 654 g/mol. The van der Waals surface area contributed by atoms with Gasteiger partial charge >= 0.3 is 6.09 Å². The molecule has 4 aliphatic heterocycles. The van der Waals surface area contributed by atoms with Crippen LogP contribution in [0.5, 0.6) is 5.75 Å². The van der Waals surface area contributed by atoms with Gasteiger partial charge in [-0.25, -0.2) is 9.78 Å². The number of rotatable bonds is 4. The number of imide groups is 1. The smallest absolute Gasteiger partial charge is 0.411 e. The highest BCUT2D eigenvalue weighted by molar-refractivity contribution is 6.02. The van der Waals surface area contributed by atoms with E-state index in [1.54, 1.807) is 0 Å². The molecule has 4 amide bonds. The van der Waals surface area contributed by atoms with E-state index in [1.165, 1.54) is 10.5 Å². The van der Waals surface area contributed by atoms with Crippen LogP contribution in [0.3, 0.4) is 0 Å². The first kappa shape index (κ1) is 30.7. The summed E-state index contributed by atoms with van der Waals surface area (Å²) in [7, 11) is 0. The maximum Gasteiger partial charge on any atom is 0.411 e. The molecule has 8 rings (SSSR count). The van der Waals surface area contributed by atoms with Gasteiger partial charge in [0.25, 0.3) is 0 Å². The third kappa shape index (κ3) is 5.07. The van der Waals surface area contributed by atoms with Gasteiger partial charge in [0.05, 0.1) is 35.3 Å². The SMILES string of the molecule is O=C1CCC(N2CCOc3cc(C4CCN(C(=O)C5(n6cnc7c8c(ccc76)N(C(=O)O)CCC8)CCCCC5)CC4)ccc32)C(=O)N1. The van der Waals surface area contributed by atoms with Crippen LogP contribution in [-0.2, 0) is 26.3 Å². The van der Waals surface area contributed by atoms with Crippen LogP contribution >= 0.6 is 0 Å². The van der Waals surface area contributed by atoms with Gasteiger partial charge in [-0.15, -0.1) is 0 Å². The molecule has 12 heteroatoms. The summed E-state index contributed by atoms with van der Waals surface area (Å²) in [6, 6.07) is 9.73. The summed E-state index contributed by atoms with van der Waals surface area (Å²) in [6.07, 6.45) is 9.52. The number of hydrogen-bond donors (Lipinski definition) is 2. The second-order valence-electron chi connectivity index (χ2n) is 14.0. The number of likely N-dealkylation sites (tertiary alicyclic amines) is 1. The summed E-state index contributed by atoms with van der Waals surface area (Å²) in [5, 5.41) is 12.2. The molecular weight excluding hydrogens is 612 g/mol. The highest BCUT2D eigenvalue weighted by Crippen LogP contribution is 2.43. The number of carbonyl (C=O) groups excluding carboxylic acids is 3. The van der Waals surface area contributed by atoms with Gasteiger partial charge in [0.1, 0.15) is 23.9 Å². The van der Waals surface area contributed by atoms with Gasteiger partial charge in [0, 0.05) is 31.6 Å². The number of piperidine rings is 2. The van der Waals surface area contributed by atoms with Gasteiger partial charge in [0.15, 0.2) is 0 Å². The maximum absolute atomic E-state index is 14.6. The number of nitrogens with zero attached hydrogens (tertiary/aromatic N) is 5. The second kappa shape index (κ2) is 12.1. The summed E-state index contributed by atoms with van der Waals surface area (Å²) < 4.78 is 8.18. The molecule has 3 fully saturated rings. The van der Waals surface area contributed by atoms with Crippen molar-refractivity contribution in [2.75, 3.05) is 42.6 Å². The summed E-state index contributed by atoms with van der Waals surface area (Å²) in [5.74, 6) is 0.755. The molecule has 3 aromatic rings. The fourth-order valence-electron chi connectivity index (χ4n) is 8.92. The second-order valence-corrected chi connectivity index (χ2v) is 14.0. The van der Waals surface area contributed by atoms with Crippen LogP contribution in [0, 0.1) is 0 Å². The molecule has 2 saturated heterocycles. The zero-order valence-corrected chi connectivity index (χ0v) is 27.2. The van der Waals surface area contributed by atoms with Gasteiger partial charge in [-0.2, -0.15) is 0 Å². The molecule has 1 aliphatic carbocycles. The minimum atomic E-state index is -0.950. The Balaban J connectivity index is 1.01. The molecule has 0 radical (unpaired) electrons. The van der Waals surface area contributed by atoms with Crippen molar-refractivity contribution in [1.29, 1.82) is 0 Å². The number of benzene rings is 2. The Labute approximate surface area is 279 Å². The minimum Gasteiger partial charge on any atom is -0.490 e. The molecule has 0 bridgehead atoms. The van der Waals surface area contributed by atoms with Gasteiger partial charge < -0.3 is 24.2 Å². The zero-order chi connectivity index (χ0) is 33.0. The van der Waals surface area contributed by atoms with Crippen molar-refractivity contribution in [1.82, 2.24) is 19.8 Å². The van der Waals surface area contributed by atoms with Crippen molar-refractivity contribution in [3.05, 3.63) is 47.8 Å². The number of carbonyl (C=O) groups is 4. The average molecular weight is 655 g/mol. The van der Waals surface area contributed by atoms with Crippen LogP contribution < -0.4 is 19.9 Å². The molecule has 2 aromatic carbocycles. The summed E-state index contributed by atoms with van der Waals surface area (Å²) in [4.78, 5) is 61.2. The van der Waals surface area contributed by atoms with E-state index in [-0.39, 0.29) is 29.7 Å². The lowest BCUT2D eigenvalue weighted by Gasteiger charge is -2.43. The number of aromatic nitrogens is 2. The first-order valence-electron chi connectivity index (χ1n) is 17.5. The van der Waals surface area contributed by atoms with E-state index in [0.717, 1.165) is 85.8 Å². The predicted octanol–water partition coefficient (Wildman–Crippen LogP) is 4.54. The normalized spacial score (nSPS) is 22.9. The standard InChI is InChI=1S/C36H42N6O6/c43-31-11-10-29(33(44)38-31)40-19-20-48-30-21-24(6-7-27(30)40)23-12-17-39(18-13-23)34(45)36(14-2-1-3-15-36)42-22-37-32-25-5-4-16-41(35(46)47)26(25)8-9-28(32)42/h6-9,21-23,29H,1-5,10-20H2,(H,46,47)(H,38,43,44). The van der Waals surface area contributed by atoms with Crippen molar-refractivity contribution in [2.24, 2.45) is 0 Å².